The van der Waals surface area contributed by atoms with Gasteiger partial charge in [-0.05, 0) is 24.3 Å². The molecule has 0 aliphatic rings. The third kappa shape index (κ3) is 3.26. The largest absolute Gasteiger partial charge is 0.381 e. The Hall–Kier alpha value is -2.63. The molecular formula is C17H22N6. The van der Waals surface area contributed by atoms with Gasteiger partial charge in [0.15, 0.2) is 5.82 Å². The molecule has 2 N–H and O–H groups in total. The third-order valence-electron chi connectivity index (χ3n) is 3.81. The van der Waals surface area contributed by atoms with E-state index in [4.69, 9.17) is 0 Å². The zero-order chi connectivity index (χ0) is 16.4. The van der Waals surface area contributed by atoms with E-state index in [1.54, 1.807) is 6.33 Å². The number of aryl methyl sites for hydroxylation is 1. The van der Waals surface area contributed by atoms with Crippen LogP contribution in [0.15, 0.2) is 36.8 Å². The van der Waals surface area contributed by atoms with Crippen LogP contribution in [0.3, 0.4) is 0 Å². The van der Waals surface area contributed by atoms with Crippen LogP contribution in [0.25, 0.3) is 11.4 Å². The zero-order valence-electron chi connectivity index (χ0n) is 14.0. The molecule has 0 radical (unpaired) electrons. The average molecular weight is 310 g/mol. The molecule has 0 amide bonds. The Balaban J connectivity index is 1.70. The van der Waals surface area contributed by atoms with Crippen molar-refractivity contribution in [1.29, 1.82) is 0 Å². The number of benzene rings is 1. The topological polar surface area (TPSA) is 71.4 Å². The highest BCUT2D eigenvalue weighted by Gasteiger charge is 2.19. The second kappa shape index (κ2) is 5.87. The summed E-state index contributed by atoms with van der Waals surface area (Å²) in [4.78, 5) is 0. The molecule has 2 aromatic heterocycles. The van der Waals surface area contributed by atoms with Crippen molar-refractivity contribution in [3.63, 3.8) is 0 Å². The minimum absolute atomic E-state index is 0.0581. The maximum Gasteiger partial charge on any atom is 0.163 e. The van der Waals surface area contributed by atoms with E-state index in [0.29, 0.717) is 0 Å². The number of hydrogen-bond donors (Lipinski definition) is 2. The predicted molar refractivity (Wildman–Crippen MR) is 91.1 cm³/mol. The highest BCUT2D eigenvalue weighted by molar-refractivity contribution is 5.59. The minimum atomic E-state index is 0.0581. The molecule has 0 aliphatic carbocycles. The van der Waals surface area contributed by atoms with Crippen molar-refractivity contribution in [3.05, 3.63) is 48.0 Å². The van der Waals surface area contributed by atoms with Gasteiger partial charge in [-0.2, -0.15) is 5.10 Å². The molecule has 6 nitrogen and oxygen atoms in total. The number of nitrogens with one attached hydrogen (secondary N) is 2. The second-order valence-corrected chi connectivity index (χ2v) is 6.72. The van der Waals surface area contributed by atoms with Gasteiger partial charge in [0.1, 0.15) is 6.33 Å². The molecule has 2 heterocycles. The van der Waals surface area contributed by atoms with Crippen molar-refractivity contribution in [3.8, 4) is 11.4 Å². The highest BCUT2D eigenvalue weighted by Crippen LogP contribution is 2.24. The monoisotopic (exact) mass is 310 g/mol. The molecule has 0 saturated carbocycles. The summed E-state index contributed by atoms with van der Waals surface area (Å²) in [6.07, 6.45) is 3.59. The molecule has 3 rings (SSSR count). The van der Waals surface area contributed by atoms with E-state index < -0.39 is 0 Å². The molecule has 3 aromatic rings. The summed E-state index contributed by atoms with van der Waals surface area (Å²) in [5.41, 5.74) is 4.53. The van der Waals surface area contributed by atoms with Gasteiger partial charge in [0.25, 0.3) is 0 Å². The van der Waals surface area contributed by atoms with E-state index in [0.717, 1.165) is 23.6 Å². The lowest BCUT2D eigenvalue weighted by Gasteiger charge is -2.18. The van der Waals surface area contributed by atoms with Crippen molar-refractivity contribution < 1.29 is 0 Å². The zero-order valence-corrected chi connectivity index (χ0v) is 14.0. The fourth-order valence-corrected chi connectivity index (χ4v) is 2.57. The Morgan fingerprint density at radius 1 is 1.17 bits per heavy atom. The Bertz CT molecular complexity index is 776. The summed E-state index contributed by atoms with van der Waals surface area (Å²) in [5.74, 6) is 0.862. The molecule has 6 heteroatoms. The van der Waals surface area contributed by atoms with Gasteiger partial charge in [0.2, 0.25) is 0 Å². The second-order valence-electron chi connectivity index (χ2n) is 6.72. The average Bonchev–Trinajstić information content (AvgIpc) is 3.14. The molecule has 0 fully saturated rings. The van der Waals surface area contributed by atoms with Gasteiger partial charge in [-0.3, -0.25) is 5.10 Å². The van der Waals surface area contributed by atoms with E-state index in [1.807, 2.05) is 29.9 Å². The number of H-pyrrole nitrogens is 1. The molecule has 0 bridgehead atoms. The maximum absolute atomic E-state index is 4.18. The number of rotatable bonds is 4. The predicted octanol–water partition coefficient (Wildman–Crippen LogP) is 3.11. The van der Waals surface area contributed by atoms with Crippen molar-refractivity contribution >= 4 is 5.69 Å². The molecule has 23 heavy (non-hydrogen) atoms. The number of hydrogen-bond acceptors (Lipinski definition) is 4. The first-order chi connectivity index (χ1) is 10.9. The number of nitrogens with zero attached hydrogens (tertiary/aromatic N) is 4. The fraction of sp³-hybridized carbons (Fsp3) is 0.353. The highest BCUT2D eigenvalue weighted by atomic mass is 15.2. The van der Waals surface area contributed by atoms with Crippen LogP contribution in [0.1, 0.15) is 32.0 Å². The third-order valence-corrected chi connectivity index (χ3v) is 3.81. The lowest BCUT2D eigenvalue weighted by Crippen LogP contribution is -2.15. The molecule has 0 saturated heterocycles. The van der Waals surface area contributed by atoms with Crippen LogP contribution >= 0.6 is 0 Å². The normalized spacial score (nSPS) is 11.7. The van der Waals surface area contributed by atoms with Crippen molar-refractivity contribution in [1.82, 2.24) is 25.0 Å². The lowest BCUT2D eigenvalue weighted by atomic mass is 9.89. The van der Waals surface area contributed by atoms with E-state index in [2.05, 4.69) is 58.6 Å². The van der Waals surface area contributed by atoms with Crippen LogP contribution in [0.4, 0.5) is 5.69 Å². The quantitative estimate of drug-likeness (QED) is 0.776. The first-order valence-corrected chi connectivity index (χ1v) is 7.66. The lowest BCUT2D eigenvalue weighted by molar-refractivity contribution is 0.561. The van der Waals surface area contributed by atoms with Gasteiger partial charge in [-0.1, -0.05) is 20.8 Å². The van der Waals surface area contributed by atoms with Crippen LogP contribution < -0.4 is 5.32 Å². The van der Waals surface area contributed by atoms with Gasteiger partial charge >= 0.3 is 0 Å². The number of aromatic nitrogens is 5. The molecule has 0 aliphatic heterocycles. The van der Waals surface area contributed by atoms with Crippen molar-refractivity contribution in [2.24, 2.45) is 7.05 Å². The van der Waals surface area contributed by atoms with Gasteiger partial charge in [0.05, 0.1) is 6.20 Å². The van der Waals surface area contributed by atoms with Crippen molar-refractivity contribution in [2.75, 3.05) is 5.32 Å². The Morgan fingerprint density at radius 2 is 1.91 bits per heavy atom. The molecule has 0 atom stereocenters. The summed E-state index contributed by atoms with van der Waals surface area (Å²) in [6, 6.07) is 8.21. The first-order valence-electron chi connectivity index (χ1n) is 7.66. The van der Waals surface area contributed by atoms with Crippen LogP contribution in [0.5, 0.6) is 0 Å². The number of aromatic amines is 1. The minimum Gasteiger partial charge on any atom is -0.381 e. The molecule has 0 unspecified atom stereocenters. The smallest absolute Gasteiger partial charge is 0.163 e. The van der Waals surface area contributed by atoms with Crippen molar-refractivity contribution in [2.45, 2.75) is 32.7 Å². The van der Waals surface area contributed by atoms with E-state index in [1.165, 1.54) is 11.3 Å². The summed E-state index contributed by atoms with van der Waals surface area (Å²) in [5, 5.41) is 18.8. The van der Waals surface area contributed by atoms with Crippen LogP contribution in [-0.4, -0.2) is 25.0 Å². The van der Waals surface area contributed by atoms with Crippen LogP contribution in [-0.2, 0) is 19.0 Å². The first kappa shape index (κ1) is 15.3. The Morgan fingerprint density at radius 3 is 2.52 bits per heavy atom. The van der Waals surface area contributed by atoms with Gasteiger partial charge in [-0.25, -0.2) is 0 Å². The molecule has 1 aromatic carbocycles. The summed E-state index contributed by atoms with van der Waals surface area (Å²) in [6.45, 7) is 7.28. The molecule has 120 valence electrons. The van der Waals surface area contributed by atoms with E-state index >= 15 is 0 Å². The van der Waals surface area contributed by atoms with E-state index in [-0.39, 0.29) is 5.41 Å². The number of anilines is 1. The SMILES string of the molecule is Cn1cnnc1-c1ccc(NCc2cn[nH]c2C(C)(C)C)cc1. The van der Waals surface area contributed by atoms with Crippen LogP contribution in [0.2, 0.25) is 0 Å². The Labute approximate surface area is 136 Å². The van der Waals surface area contributed by atoms with Gasteiger partial charge in [-0.15, -0.1) is 10.2 Å². The summed E-state index contributed by atoms with van der Waals surface area (Å²) < 4.78 is 1.91. The summed E-state index contributed by atoms with van der Waals surface area (Å²) in [7, 11) is 1.94. The molecular weight excluding hydrogens is 288 g/mol. The standard InChI is InChI=1S/C17H22N6/c1-17(2,3)15-13(10-19-21-15)9-18-14-7-5-12(6-8-14)16-22-20-11-23(16)4/h5-8,10-11,18H,9H2,1-4H3,(H,19,21). The molecule has 0 spiro atoms. The summed E-state index contributed by atoms with van der Waals surface area (Å²) >= 11 is 0. The van der Waals surface area contributed by atoms with Gasteiger partial charge < -0.3 is 9.88 Å². The Kier molecular flexibility index (Phi) is 3.90. The maximum atomic E-state index is 4.18. The fourth-order valence-electron chi connectivity index (χ4n) is 2.57. The van der Waals surface area contributed by atoms with E-state index in [9.17, 15) is 0 Å². The van der Waals surface area contributed by atoms with Crippen LogP contribution in [0, 0.1) is 0 Å². The van der Waals surface area contributed by atoms with Gasteiger partial charge in [0, 0.05) is 41.5 Å².